The van der Waals surface area contributed by atoms with Gasteiger partial charge in [0.15, 0.2) is 10.2 Å². The summed E-state index contributed by atoms with van der Waals surface area (Å²) in [5.74, 6) is 1.57. The molecule has 0 fully saturated rings. The molecule has 0 radical (unpaired) electrons. The highest BCUT2D eigenvalue weighted by molar-refractivity contribution is 7.81. The fraction of sp³-hybridized carbons (Fsp3) is 0.0714. The van der Waals surface area contributed by atoms with Gasteiger partial charge in [-0.15, -0.1) is 0 Å². The van der Waals surface area contributed by atoms with Crippen molar-refractivity contribution < 1.29 is 9.47 Å². The molecule has 0 spiro atoms. The molecule has 6 nitrogen and oxygen atoms in total. The van der Waals surface area contributed by atoms with Crippen molar-refractivity contribution in [2.24, 2.45) is 0 Å². The molecule has 0 bridgehead atoms. The van der Waals surface area contributed by atoms with E-state index in [0.29, 0.717) is 10.2 Å². The highest BCUT2D eigenvalue weighted by atomic mass is 32.1. The van der Waals surface area contributed by atoms with Crippen LogP contribution in [-0.4, -0.2) is 24.4 Å². The Morgan fingerprint density at radius 1 is 0.500 bits per heavy atom. The Labute approximate surface area is 221 Å². The highest BCUT2D eigenvalue weighted by Crippen LogP contribution is 2.34. The number of ether oxygens (including phenoxy) is 2. The highest BCUT2D eigenvalue weighted by Gasteiger charge is 2.12. The number of para-hydroxylation sites is 2. The second kappa shape index (κ2) is 12.0. The number of benzene rings is 4. The molecule has 0 unspecified atom stereocenters. The van der Waals surface area contributed by atoms with Crippen LogP contribution < -0.4 is 30.7 Å². The van der Waals surface area contributed by atoms with Gasteiger partial charge in [0.05, 0.1) is 14.2 Å². The lowest BCUT2D eigenvalue weighted by Crippen LogP contribution is -2.20. The Morgan fingerprint density at radius 2 is 0.861 bits per heavy atom. The van der Waals surface area contributed by atoms with Crippen LogP contribution in [0, 0.1) is 0 Å². The lowest BCUT2D eigenvalue weighted by molar-refractivity contribution is 0.415. The van der Waals surface area contributed by atoms with Crippen LogP contribution in [0.15, 0.2) is 97.1 Å². The van der Waals surface area contributed by atoms with Crippen molar-refractivity contribution in [2.75, 3.05) is 35.5 Å². The number of rotatable bonds is 7. The second-order valence-electron chi connectivity index (χ2n) is 7.71. The summed E-state index contributed by atoms with van der Waals surface area (Å²) < 4.78 is 10.4. The average Bonchev–Trinajstić information content (AvgIpc) is 2.90. The van der Waals surface area contributed by atoms with Gasteiger partial charge in [-0.1, -0.05) is 36.4 Å². The van der Waals surface area contributed by atoms with E-state index in [2.05, 4.69) is 21.3 Å². The number of nitrogens with one attached hydrogen (secondary N) is 4. The molecule has 4 aromatic rings. The first-order chi connectivity index (χ1) is 17.6. The van der Waals surface area contributed by atoms with Gasteiger partial charge in [-0.3, -0.25) is 0 Å². The van der Waals surface area contributed by atoms with Gasteiger partial charge >= 0.3 is 0 Å². The minimum atomic E-state index is 0.481. The quantitative estimate of drug-likeness (QED) is 0.197. The lowest BCUT2D eigenvalue weighted by Gasteiger charge is -2.18. The Morgan fingerprint density at radius 3 is 1.22 bits per heavy atom. The molecule has 0 heterocycles. The monoisotopic (exact) mass is 514 g/mol. The van der Waals surface area contributed by atoms with Crippen LogP contribution in [-0.2, 0) is 0 Å². The summed E-state index contributed by atoms with van der Waals surface area (Å²) in [6, 6.07) is 31.1. The first-order valence-electron chi connectivity index (χ1n) is 11.2. The zero-order chi connectivity index (χ0) is 25.3. The fourth-order valence-corrected chi connectivity index (χ4v) is 4.03. The van der Waals surface area contributed by atoms with E-state index in [0.717, 1.165) is 45.4 Å². The Bertz CT molecular complexity index is 1240. The molecule has 0 aromatic heterocycles. The van der Waals surface area contributed by atoms with Gasteiger partial charge in [-0.05, 0) is 85.1 Å². The summed E-state index contributed by atoms with van der Waals surface area (Å²) in [7, 11) is 3.28. The molecular weight excluding hydrogens is 488 g/mol. The van der Waals surface area contributed by atoms with Gasteiger partial charge in [-0.25, -0.2) is 0 Å². The van der Waals surface area contributed by atoms with Crippen LogP contribution >= 0.6 is 24.4 Å². The maximum absolute atomic E-state index is 5.57. The largest absolute Gasteiger partial charge is 0.497 e. The van der Waals surface area contributed by atoms with E-state index in [-0.39, 0.29) is 0 Å². The molecule has 0 saturated carbocycles. The second-order valence-corrected chi connectivity index (χ2v) is 8.52. The van der Waals surface area contributed by atoms with Crippen molar-refractivity contribution in [3.63, 3.8) is 0 Å². The molecule has 0 saturated heterocycles. The van der Waals surface area contributed by atoms with Gasteiger partial charge in [-0.2, -0.15) is 0 Å². The molecule has 8 heteroatoms. The number of anilines is 4. The van der Waals surface area contributed by atoms with Crippen LogP contribution in [0.4, 0.5) is 22.7 Å². The van der Waals surface area contributed by atoms with E-state index in [1.807, 2.05) is 97.1 Å². The van der Waals surface area contributed by atoms with E-state index in [1.54, 1.807) is 14.2 Å². The summed E-state index contributed by atoms with van der Waals surface area (Å²) >= 11 is 11.1. The minimum absolute atomic E-state index is 0.481. The smallest absolute Gasteiger partial charge is 0.175 e. The fourth-order valence-electron chi connectivity index (χ4n) is 3.57. The topological polar surface area (TPSA) is 66.6 Å². The van der Waals surface area contributed by atoms with Crippen LogP contribution in [0.1, 0.15) is 0 Å². The van der Waals surface area contributed by atoms with Crippen LogP contribution in [0.25, 0.3) is 11.1 Å². The van der Waals surface area contributed by atoms with Crippen molar-refractivity contribution in [3.05, 3.63) is 97.1 Å². The number of hydrogen-bond donors (Lipinski definition) is 4. The molecule has 36 heavy (non-hydrogen) atoms. The molecule has 0 aliphatic heterocycles. The summed E-state index contributed by atoms with van der Waals surface area (Å²) in [6.45, 7) is 0. The van der Waals surface area contributed by atoms with Gasteiger partial charge in [0.2, 0.25) is 0 Å². The zero-order valence-corrected chi connectivity index (χ0v) is 21.5. The van der Waals surface area contributed by atoms with Gasteiger partial charge in [0.1, 0.15) is 11.5 Å². The van der Waals surface area contributed by atoms with E-state index in [9.17, 15) is 0 Å². The van der Waals surface area contributed by atoms with Crippen LogP contribution in [0.2, 0.25) is 0 Å². The Balaban J connectivity index is 1.49. The summed E-state index contributed by atoms with van der Waals surface area (Å²) in [5.41, 5.74) is 5.42. The Hall–Kier alpha value is -4.14. The van der Waals surface area contributed by atoms with Crippen LogP contribution in [0.3, 0.4) is 0 Å². The van der Waals surface area contributed by atoms with E-state index >= 15 is 0 Å². The number of hydrogen-bond acceptors (Lipinski definition) is 4. The van der Waals surface area contributed by atoms with Crippen molar-refractivity contribution in [2.45, 2.75) is 0 Å². The van der Waals surface area contributed by atoms with E-state index in [1.165, 1.54) is 0 Å². The van der Waals surface area contributed by atoms with E-state index < -0.39 is 0 Å². The normalized spacial score (nSPS) is 10.2. The molecule has 0 atom stereocenters. The van der Waals surface area contributed by atoms with E-state index in [4.69, 9.17) is 33.9 Å². The van der Waals surface area contributed by atoms with Crippen molar-refractivity contribution in [1.82, 2.24) is 0 Å². The first-order valence-corrected chi connectivity index (χ1v) is 12.0. The van der Waals surface area contributed by atoms with Crippen molar-refractivity contribution in [3.8, 4) is 22.6 Å². The summed E-state index contributed by atoms with van der Waals surface area (Å²) in [4.78, 5) is 0. The summed E-state index contributed by atoms with van der Waals surface area (Å²) in [5, 5.41) is 14.0. The third-order valence-electron chi connectivity index (χ3n) is 5.34. The molecule has 182 valence electrons. The van der Waals surface area contributed by atoms with Gasteiger partial charge in [0.25, 0.3) is 0 Å². The molecular formula is C28H26N4O2S2. The average molecular weight is 515 g/mol. The maximum atomic E-state index is 5.57. The predicted molar refractivity (Wildman–Crippen MR) is 158 cm³/mol. The van der Waals surface area contributed by atoms with Crippen LogP contribution in [0.5, 0.6) is 11.5 Å². The number of thiocarbonyl (C=S) groups is 2. The molecule has 4 aromatic carbocycles. The Kier molecular flexibility index (Phi) is 8.33. The maximum Gasteiger partial charge on any atom is 0.175 e. The van der Waals surface area contributed by atoms with Crippen molar-refractivity contribution >= 4 is 57.4 Å². The molecule has 4 rings (SSSR count). The minimum Gasteiger partial charge on any atom is -0.497 e. The molecule has 4 N–H and O–H groups in total. The third-order valence-corrected chi connectivity index (χ3v) is 5.74. The number of methoxy groups -OCH3 is 2. The third kappa shape index (κ3) is 6.50. The molecule has 0 aliphatic rings. The SMILES string of the molecule is COc1ccc(NC(=S)Nc2ccccc2-c2ccccc2NC(=S)Nc2ccc(OC)cc2)cc1. The standard InChI is InChI=1S/C28H26N4O2S2/c1-33-21-15-11-19(12-16-21)29-27(35)31-25-9-5-3-7-23(25)24-8-4-6-10-26(24)32-28(36)30-20-13-17-22(34-2)18-14-20/h3-18H,1-2H3,(H2,29,31,35)(H2,30,32,36). The molecule has 0 amide bonds. The predicted octanol–water partition coefficient (Wildman–Crippen LogP) is 6.99. The van der Waals surface area contributed by atoms with Crippen molar-refractivity contribution in [1.29, 1.82) is 0 Å². The van der Waals surface area contributed by atoms with Gasteiger partial charge in [0, 0.05) is 33.9 Å². The first kappa shape index (κ1) is 25.0. The van der Waals surface area contributed by atoms with Gasteiger partial charge < -0.3 is 30.7 Å². The molecule has 0 aliphatic carbocycles. The lowest BCUT2D eigenvalue weighted by atomic mass is 10.0. The zero-order valence-electron chi connectivity index (χ0n) is 19.9. The summed E-state index contributed by atoms with van der Waals surface area (Å²) in [6.07, 6.45) is 0.